The summed E-state index contributed by atoms with van der Waals surface area (Å²) in [5.41, 5.74) is 0.758. The Bertz CT molecular complexity index is 383. The molecule has 1 aromatic heterocycles. The van der Waals surface area contributed by atoms with Crippen molar-refractivity contribution in [1.82, 2.24) is 4.98 Å². The second-order valence-corrected chi connectivity index (χ2v) is 4.57. The molecule has 1 N–H and O–H groups in total. The van der Waals surface area contributed by atoms with Crippen LogP contribution in [-0.2, 0) is 4.79 Å². The smallest absolute Gasteiger partial charge is 0.237 e. The van der Waals surface area contributed by atoms with Crippen LogP contribution >= 0.6 is 23.4 Å². The molecule has 5 heteroatoms. The number of pyridine rings is 1. The number of carbonyl (C=O) groups excluding carboxylic acids is 1. The molecule has 2 heterocycles. The number of nitrogens with one attached hydrogen (secondary N) is 1. The summed E-state index contributed by atoms with van der Waals surface area (Å²) >= 11 is 7.24. The predicted octanol–water partition coefficient (Wildman–Crippen LogP) is 2.56. The van der Waals surface area contributed by atoms with Gasteiger partial charge in [0.2, 0.25) is 5.91 Å². The molecule has 74 valence electrons. The number of carbonyl (C=O) groups is 1. The van der Waals surface area contributed by atoms with E-state index in [-0.39, 0.29) is 11.2 Å². The van der Waals surface area contributed by atoms with Crippen molar-refractivity contribution < 1.29 is 4.79 Å². The minimum atomic E-state index is -0.0477. The summed E-state index contributed by atoms with van der Waals surface area (Å²) in [6.07, 6.45) is 0.796. The zero-order valence-corrected chi connectivity index (χ0v) is 9.15. The number of amides is 1. The van der Waals surface area contributed by atoms with E-state index in [4.69, 9.17) is 11.6 Å². The summed E-state index contributed by atoms with van der Waals surface area (Å²) in [6, 6.07) is 3.45. The molecule has 1 aliphatic rings. The molecular formula is C9H9ClN2OS. The van der Waals surface area contributed by atoms with Gasteiger partial charge in [-0.1, -0.05) is 30.3 Å². The number of aromatic nitrogens is 1. The van der Waals surface area contributed by atoms with E-state index >= 15 is 0 Å². The molecular weight excluding hydrogens is 220 g/mol. The largest absolute Gasteiger partial charge is 0.323 e. The van der Waals surface area contributed by atoms with Crippen molar-refractivity contribution in [2.24, 2.45) is 0 Å². The third-order valence-corrected chi connectivity index (χ3v) is 3.58. The number of anilines is 1. The number of hydrogen-bond donors (Lipinski definition) is 1. The summed E-state index contributed by atoms with van der Waals surface area (Å²) in [6.45, 7) is 1.98. The first-order valence-electron chi connectivity index (χ1n) is 4.34. The van der Waals surface area contributed by atoms with E-state index in [1.54, 1.807) is 12.1 Å². The zero-order valence-electron chi connectivity index (χ0n) is 7.58. The maximum absolute atomic E-state index is 11.5. The molecule has 0 aromatic carbocycles. The van der Waals surface area contributed by atoms with E-state index in [2.05, 4.69) is 10.3 Å². The van der Waals surface area contributed by atoms with Gasteiger partial charge in [0.05, 0.1) is 10.9 Å². The van der Waals surface area contributed by atoms with Crippen molar-refractivity contribution in [1.29, 1.82) is 0 Å². The van der Waals surface area contributed by atoms with Crippen LogP contribution in [0.2, 0.25) is 5.15 Å². The summed E-state index contributed by atoms with van der Waals surface area (Å²) in [5.74, 6) is 0.0501. The lowest BCUT2D eigenvalue weighted by Gasteiger charge is -2.21. The minimum absolute atomic E-state index is 0.0477. The monoisotopic (exact) mass is 228 g/mol. The van der Waals surface area contributed by atoms with E-state index in [0.29, 0.717) is 5.15 Å². The van der Waals surface area contributed by atoms with Crippen LogP contribution in [0.3, 0.4) is 0 Å². The Balaban J connectivity index is 2.36. The van der Waals surface area contributed by atoms with Crippen molar-refractivity contribution in [2.75, 3.05) is 5.32 Å². The number of halogens is 1. The first-order valence-corrected chi connectivity index (χ1v) is 5.60. The molecule has 0 radical (unpaired) electrons. The molecule has 0 spiro atoms. The van der Waals surface area contributed by atoms with Crippen molar-refractivity contribution in [3.63, 3.8) is 0 Å². The van der Waals surface area contributed by atoms with Gasteiger partial charge in [0.25, 0.3) is 0 Å². The van der Waals surface area contributed by atoms with Gasteiger partial charge in [-0.05, 0) is 18.6 Å². The van der Waals surface area contributed by atoms with Gasteiger partial charge in [0, 0.05) is 0 Å². The normalized spacial score (nSPS) is 20.1. The third-order valence-electron chi connectivity index (χ3n) is 2.00. The van der Waals surface area contributed by atoms with Crippen LogP contribution in [0, 0.1) is 0 Å². The van der Waals surface area contributed by atoms with Crippen LogP contribution in [0.4, 0.5) is 5.69 Å². The molecule has 14 heavy (non-hydrogen) atoms. The third kappa shape index (κ3) is 1.72. The van der Waals surface area contributed by atoms with Gasteiger partial charge in [-0.15, -0.1) is 0 Å². The van der Waals surface area contributed by atoms with Crippen LogP contribution in [0.15, 0.2) is 17.2 Å². The van der Waals surface area contributed by atoms with Gasteiger partial charge in [-0.3, -0.25) is 4.79 Å². The van der Waals surface area contributed by atoms with Gasteiger partial charge in [0.1, 0.15) is 10.2 Å². The van der Waals surface area contributed by atoms with Crippen LogP contribution in [0.5, 0.6) is 0 Å². The zero-order chi connectivity index (χ0) is 10.1. The lowest BCUT2D eigenvalue weighted by Crippen LogP contribution is -2.28. The Morgan fingerprint density at radius 2 is 2.43 bits per heavy atom. The first-order chi connectivity index (χ1) is 6.70. The number of thioether (sulfide) groups is 1. The van der Waals surface area contributed by atoms with E-state index in [1.165, 1.54) is 11.8 Å². The maximum atomic E-state index is 11.5. The standard InChI is InChI=1S/C9H9ClN2OS/c1-2-6-8(13)11-5-3-4-7(10)12-9(5)14-6/h3-4,6H,2H2,1H3,(H,11,13). The summed E-state index contributed by atoms with van der Waals surface area (Å²) < 4.78 is 0. The quantitative estimate of drug-likeness (QED) is 0.752. The molecule has 1 aromatic rings. The summed E-state index contributed by atoms with van der Waals surface area (Å²) in [7, 11) is 0. The minimum Gasteiger partial charge on any atom is -0.323 e. The molecule has 1 amide bonds. The van der Waals surface area contributed by atoms with Gasteiger partial charge in [0.15, 0.2) is 0 Å². The first kappa shape index (κ1) is 9.80. The molecule has 0 saturated heterocycles. The fourth-order valence-electron chi connectivity index (χ4n) is 1.27. The Hall–Kier alpha value is -0.740. The Morgan fingerprint density at radius 3 is 3.14 bits per heavy atom. The Labute approximate surface area is 91.2 Å². The summed E-state index contributed by atoms with van der Waals surface area (Å²) in [5, 5.41) is 4.03. The average molecular weight is 229 g/mol. The molecule has 0 bridgehead atoms. The number of fused-ring (bicyclic) bond motifs is 1. The molecule has 1 unspecified atom stereocenters. The number of hydrogen-bond acceptors (Lipinski definition) is 3. The van der Waals surface area contributed by atoms with Gasteiger partial charge >= 0.3 is 0 Å². The molecule has 0 fully saturated rings. The molecule has 3 nitrogen and oxygen atoms in total. The fourth-order valence-corrected chi connectivity index (χ4v) is 2.47. The number of nitrogens with zero attached hydrogens (tertiary/aromatic N) is 1. The highest BCUT2D eigenvalue weighted by molar-refractivity contribution is 8.00. The van der Waals surface area contributed by atoms with Crippen LogP contribution in [0.25, 0.3) is 0 Å². The Morgan fingerprint density at radius 1 is 1.64 bits per heavy atom. The second-order valence-electron chi connectivity index (χ2n) is 2.99. The van der Waals surface area contributed by atoms with Gasteiger partial charge in [-0.25, -0.2) is 4.98 Å². The lowest BCUT2D eigenvalue weighted by atomic mass is 10.3. The Kier molecular flexibility index (Phi) is 2.65. The van der Waals surface area contributed by atoms with Crippen LogP contribution < -0.4 is 5.32 Å². The highest BCUT2D eigenvalue weighted by Gasteiger charge is 2.26. The molecule has 1 aliphatic heterocycles. The van der Waals surface area contributed by atoms with Gasteiger partial charge in [-0.2, -0.15) is 0 Å². The van der Waals surface area contributed by atoms with Crippen molar-refractivity contribution in [2.45, 2.75) is 23.6 Å². The predicted molar refractivity (Wildman–Crippen MR) is 57.8 cm³/mol. The molecule has 1 atom stereocenters. The van der Waals surface area contributed by atoms with E-state index in [9.17, 15) is 4.79 Å². The molecule has 0 aliphatic carbocycles. The second kappa shape index (κ2) is 3.79. The topological polar surface area (TPSA) is 42.0 Å². The SMILES string of the molecule is CCC1Sc2nc(Cl)ccc2NC1=O. The van der Waals surface area contributed by atoms with Crippen LogP contribution in [0.1, 0.15) is 13.3 Å². The van der Waals surface area contributed by atoms with Gasteiger partial charge < -0.3 is 5.32 Å². The van der Waals surface area contributed by atoms with E-state index < -0.39 is 0 Å². The van der Waals surface area contributed by atoms with E-state index in [0.717, 1.165) is 17.1 Å². The lowest BCUT2D eigenvalue weighted by molar-refractivity contribution is -0.115. The summed E-state index contributed by atoms with van der Waals surface area (Å²) in [4.78, 5) is 15.6. The highest BCUT2D eigenvalue weighted by atomic mass is 35.5. The van der Waals surface area contributed by atoms with Crippen molar-refractivity contribution >= 4 is 35.0 Å². The van der Waals surface area contributed by atoms with E-state index in [1.807, 2.05) is 6.92 Å². The fraction of sp³-hybridized carbons (Fsp3) is 0.333. The average Bonchev–Trinajstić information content (AvgIpc) is 2.17. The highest BCUT2D eigenvalue weighted by Crippen LogP contribution is 2.35. The maximum Gasteiger partial charge on any atom is 0.237 e. The van der Waals surface area contributed by atoms with Crippen LogP contribution in [-0.4, -0.2) is 16.1 Å². The molecule has 0 saturated carbocycles. The van der Waals surface area contributed by atoms with Crippen molar-refractivity contribution in [3.05, 3.63) is 17.3 Å². The molecule has 2 rings (SSSR count). The van der Waals surface area contributed by atoms with Crippen molar-refractivity contribution in [3.8, 4) is 0 Å². The number of rotatable bonds is 1.